The molecule has 0 saturated carbocycles. The van der Waals surface area contributed by atoms with E-state index in [9.17, 15) is 8.42 Å². The van der Waals surface area contributed by atoms with Crippen LogP contribution in [0, 0.1) is 0 Å². The molecule has 0 unspecified atom stereocenters. The normalized spacial score (nSPS) is 17.4. The van der Waals surface area contributed by atoms with Crippen molar-refractivity contribution in [1.82, 2.24) is 9.29 Å². The molecule has 2 heterocycles. The number of oxazole rings is 1. The summed E-state index contributed by atoms with van der Waals surface area (Å²) >= 11 is 0. The Morgan fingerprint density at radius 1 is 1.30 bits per heavy atom. The van der Waals surface area contributed by atoms with Crippen LogP contribution in [0.25, 0.3) is 11.1 Å². The molecule has 3 rings (SSSR count). The molecule has 0 atom stereocenters. The van der Waals surface area contributed by atoms with Crippen molar-refractivity contribution in [3.63, 3.8) is 0 Å². The Labute approximate surface area is 115 Å². The van der Waals surface area contributed by atoms with E-state index in [4.69, 9.17) is 15.0 Å². The van der Waals surface area contributed by atoms with Crippen LogP contribution in [0.5, 0.6) is 0 Å². The fourth-order valence-electron chi connectivity index (χ4n) is 2.07. The quantitative estimate of drug-likeness (QED) is 0.612. The SMILES string of the molecule is NNc1nc2cc(S(=O)(=O)N3CCOCC3)ccc2o1. The van der Waals surface area contributed by atoms with Gasteiger partial charge in [0.25, 0.3) is 0 Å². The Hall–Kier alpha value is -1.68. The van der Waals surface area contributed by atoms with Gasteiger partial charge in [0.15, 0.2) is 5.58 Å². The lowest BCUT2D eigenvalue weighted by Gasteiger charge is -2.25. The first-order valence-corrected chi connectivity index (χ1v) is 7.50. The van der Waals surface area contributed by atoms with Gasteiger partial charge in [-0.3, -0.25) is 5.43 Å². The number of aromatic nitrogens is 1. The van der Waals surface area contributed by atoms with Gasteiger partial charge in [0.2, 0.25) is 10.0 Å². The van der Waals surface area contributed by atoms with Crippen molar-refractivity contribution < 1.29 is 17.6 Å². The van der Waals surface area contributed by atoms with Gasteiger partial charge in [-0.1, -0.05) is 0 Å². The van der Waals surface area contributed by atoms with Crippen molar-refractivity contribution in [2.24, 2.45) is 5.84 Å². The summed E-state index contributed by atoms with van der Waals surface area (Å²) < 4.78 is 36.8. The number of nitrogens with one attached hydrogen (secondary N) is 1. The van der Waals surface area contributed by atoms with Crippen LogP contribution in [0.4, 0.5) is 6.01 Å². The summed E-state index contributed by atoms with van der Waals surface area (Å²) in [7, 11) is -3.53. The number of morpholine rings is 1. The summed E-state index contributed by atoms with van der Waals surface area (Å²) in [6.45, 7) is 1.53. The lowest BCUT2D eigenvalue weighted by atomic mass is 10.3. The van der Waals surface area contributed by atoms with Crippen LogP contribution in [0.3, 0.4) is 0 Å². The number of benzene rings is 1. The zero-order valence-electron chi connectivity index (χ0n) is 10.6. The molecule has 20 heavy (non-hydrogen) atoms. The fraction of sp³-hybridized carbons (Fsp3) is 0.364. The van der Waals surface area contributed by atoms with Gasteiger partial charge in [0.1, 0.15) is 5.52 Å². The smallest absolute Gasteiger partial charge is 0.310 e. The first-order valence-electron chi connectivity index (χ1n) is 6.06. The molecule has 1 aromatic carbocycles. The number of nitrogens with zero attached hydrogens (tertiary/aromatic N) is 2. The van der Waals surface area contributed by atoms with Crippen molar-refractivity contribution in [1.29, 1.82) is 0 Å². The van der Waals surface area contributed by atoms with E-state index >= 15 is 0 Å². The Morgan fingerprint density at radius 2 is 2.05 bits per heavy atom. The minimum absolute atomic E-state index is 0.140. The molecule has 1 aliphatic rings. The number of nitrogen functional groups attached to an aromatic ring is 1. The Kier molecular flexibility index (Phi) is 3.34. The second kappa shape index (κ2) is 5.02. The van der Waals surface area contributed by atoms with Gasteiger partial charge in [-0.2, -0.15) is 9.29 Å². The Bertz CT molecular complexity index is 721. The van der Waals surface area contributed by atoms with Crippen LogP contribution in [0.2, 0.25) is 0 Å². The van der Waals surface area contributed by atoms with E-state index in [1.54, 1.807) is 6.07 Å². The second-order valence-electron chi connectivity index (χ2n) is 4.31. The van der Waals surface area contributed by atoms with Gasteiger partial charge in [-0.15, -0.1) is 0 Å². The molecule has 1 fully saturated rings. The topological polar surface area (TPSA) is 111 Å². The van der Waals surface area contributed by atoms with E-state index in [-0.39, 0.29) is 10.9 Å². The molecule has 0 aliphatic carbocycles. The summed E-state index contributed by atoms with van der Waals surface area (Å²) in [6, 6.07) is 4.68. The number of hydrogen-bond donors (Lipinski definition) is 2. The highest BCUT2D eigenvalue weighted by Gasteiger charge is 2.26. The summed E-state index contributed by atoms with van der Waals surface area (Å²) in [5, 5.41) is 0. The van der Waals surface area contributed by atoms with Crippen LogP contribution in [0.1, 0.15) is 0 Å². The standard InChI is InChI=1S/C11H14N4O4S/c12-14-11-13-9-7-8(1-2-10(9)19-11)20(16,17)15-3-5-18-6-4-15/h1-2,7H,3-6,12H2,(H,13,14). The molecule has 0 spiro atoms. The molecule has 8 nitrogen and oxygen atoms in total. The third-order valence-corrected chi connectivity index (χ3v) is 4.98. The van der Waals surface area contributed by atoms with E-state index in [2.05, 4.69) is 10.4 Å². The summed E-state index contributed by atoms with van der Waals surface area (Å²) in [4.78, 5) is 4.22. The van der Waals surface area contributed by atoms with Gasteiger partial charge in [0.05, 0.1) is 18.1 Å². The average Bonchev–Trinajstić information content (AvgIpc) is 2.90. The number of hydrogen-bond acceptors (Lipinski definition) is 7. The highest BCUT2D eigenvalue weighted by Crippen LogP contribution is 2.24. The van der Waals surface area contributed by atoms with Gasteiger partial charge >= 0.3 is 6.01 Å². The first kappa shape index (κ1) is 13.3. The van der Waals surface area contributed by atoms with Crippen LogP contribution < -0.4 is 11.3 Å². The maximum atomic E-state index is 12.5. The predicted molar refractivity (Wildman–Crippen MR) is 71.4 cm³/mol. The Morgan fingerprint density at radius 3 is 2.75 bits per heavy atom. The number of ether oxygens (including phenoxy) is 1. The van der Waals surface area contributed by atoms with Crippen molar-refractivity contribution in [2.45, 2.75) is 4.90 Å². The number of fused-ring (bicyclic) bond motifs is 1. The van der Waals surface area contributed by atoms with Gasteiger partial charge in [-0.05, 0) is 18.2 Å². The zero-order chi connectivity index (χ0) is 14.2. The van der Waals surface area contributed by atoms with Gasteiger partial charge in [-0.25, -0.2) is 14.3 Å². The monoisotopic (exact) mass is 298 g/mol. The van der Waals surface area contributed by atoms with E-state index in [1.807, 2.05) is 0 Å². The molecule has 0 amide bonds. The minimum Gasteiger partial charge on any atom is -0.423 e. The predicted octanol–water partition coefficient (Wildman–Crippen LogP) is 0.134. The number of rotatable bonds is 3. The molecular formula is C11H14N4O4S. The highest BCUT2D eigenvalue weighted by molar-refractivity contribution is 7.89. The van der Waals surface area contributed by atoms with Crippen molar-refractivity contribution in [3.8, 4) is 0 Å². The molecular weight excluding hydrogens is 284 g/mol. The maximum absolute atomic E-state index is 12.5. The van der Waals surface area contributed by atoms with Crippen LogP contribution in [-0.4, -0.2) is 44.0 Å². The Balaban J connectivity index is 1.99. The van der Waals surface area contributed by atoms with Crippen LogP contribution in [0.15, 0.2) is 27.5 Å². The van der Waals surface area contributed by atoms with Crippen LogP contribution in [-0.2, 0) is 14.8 Å². The zero-order valence-corrected chi connectivity index (χ0v) is 11.4. The van der Waals surface area contributed by atoms with E-state index in [0.29, 0.717) is 37.4 Å². The first-order chi connectivity index (χ1) is 9.61. The highest BCUT2D eigenvalue weighted by atomic mass is 32.2. The van der Waals surface area contributed by atoms with E-state index in [0.717, 1.165) is 0 Å². The van der Waals surface area contributed by atoms with Crippen molar-refractivity contribution in [3.05, 3.63) is 18.2 Å². The molecule has 3 N–H and O–H groups in total. The number of hydrazine groups is 1. The average molecular weight is 298 g/mol. The number of nitrogens with two attached hydrogens (primary N) is 1. The molecule has 1 aliphatic heterocycles. The van der Waals surface area contributed by atoms with Gasteiger partial charge in [0, 0.05) is 13.1 Å². The maximum Gasteiger partial charge on any atom is 0.310 e. The lowest BCUT2D eigenvalue weighted by molar-refractivity contribution is 0.0730. The molecule has 9 heteroatoms. The van der Waals surface area contributed by atoms with E-state index in [1.165, 1.54) is 16.4 Å². The molecule has 1 saturated heterocycles. The fourth-order valence-corrected chi connectivity index (χ4v) is 3.49. The molecule has 108 valence electrons. The molecule has 2 aromatic rings. The molecule has 1 aromatic heterocycles. The third-order valence-electron chi connectivity index (χ3n) is 3.09. The minimum atomic E-state index is -3.53. The van der Waals surface area contributed by atoms with Crippen LogP contribution >= 0.6 is 0 Å². The summed E-state index contributed by atoms with van der Waals surface area (Å²) in [6.07, 6.45) is 0. The third kappa shape index (κ3) is 2.24. The molecule has 0 bridgehead atoms. The molecule has 0 radical (unpaired) electrons. The van der Waals surface area contributed by atoms with Gasteiger partial charge < -0.3 is 9.15 Å². The number of sulfonamides is 1. The van der Waals surface area contributed by atoms with Crippen molar-refractivity contribution >= 4 is 27.1 Å². The summed E-state index contributed by atoms with van der Waals surface area (Å²) in [5.74, 6) is 5.21. The number of anilines is 1. The largest absolute Gasteiger partial charge is 0.423 e. The lowest BCUT2D eigenvalue weighted by Crippen LogP contribution is -2.40. The van der Waals surface area contributed by atoms with E-state index < -0.39 is 10.0 Å². The summed E-state index contributed by atoms with van der Waals surface area (Å²) in [5.41, 5.74) is 3.19. The van der Waals surface area contributed by atoms with Crippen molar-refractivity contribution in [2.75, 3.05) is 31.7 Å². The second-order valence-corrected chi connectivity index (χ2v) is 6.25.